The van der Waals surface area contributed by atoms with Gasteiger partial charge in [0.15, 0.2) is 11.6 Å². The fraction of sp³-hybridized carbons (Fsp3) is 0.450. The third-order valence-electron chi connectivity index (χ3n) is 9.50. The predicted molar refractivity (Wildman–Crippen MR) is 186 cm³/mol. The average Bonchev–Trinajstić information content (AvgIpc) is 3.11. The molecule has 0 bridgehead atoms. The summed E-state index contributed by atoms with van der Waals surface area (Å²) >= 11 is 0. The Kier molecular flexibility index (Phi) is 13.2. The molecule has 0 heterocycles. The normalized spacial score (nSPS) is 28.9. The third kappa shape index (κ3) is 9.56. The van der Waals surface area contributed by atoms with Crippen molar-refractivity contribution in [3.63, 3.8) is 0 Å². The Morgan fingerprint density at radius 3 is 1.69 bits per heavy atom. The standard InChI is InChI=1S/C40H54O5/c1-27(18-13-20-29(3)22-15-25-40(10)36(44)33(41)26-38(40,6)7)16-11-12-17-28(2)19-14-21-30(4)23-24-32-31(5)34(42)35(43)37(45)39(32,8)9/h11-24,33,35,37,41,43,45H,25-26H2,1-10H3/b12-11+,18-13+,19-14+,22-15+,24-23+,27-16+,28-17+,29-20+,30-21+/t33?,35?,37?,40-/m1/s1. The van der Waals surface area contributed by atoms with Crippen LogP contribution in [0.15, 0.2) is 119 Å². The molecule has 2 rings (SSSR count). The van der Waals surface area contributed by atoms with Crippen molar-refractivity contribution in [2.45, 2.75) is 100 Å². The zero-order chi connectivity index (χ0) is 34.2. The summed E-state index contributed by atoms with van der Waals surface area (Å²) in [5.41, 5.74) is 3.99. The molecule has 3 unspecified atom stereocenters. The van der Waals surface area contributed by atoms with Gasteiger partial charge in [0, 0.05) is 10.8 Å². The van der Waals surface area contributed by atoms with Crippen LogP contribution in [0.2, 0.25) is 0 Å². The summed E-state index contributed by atoms with van der Waals surface area (Å²) in [7, 11) is 0. The van der Waals surface area contributed by atoms with Crippen molar-refractivity contribution in [3.8, 4) is 0 Å². The van der Waals surface area contributed by atoms with Gasteiger partial charge in [0.2, 0.25) is 0 Å². The first-order valence-corrected chi connectivity index (χ1v) is 15.8. The quantitative estimate of drug-likeness (QED) is 0.205. The van der Waals surface area contributed by atoms with Gasteiger partial charge >= 0.3 is 0 Å². The molecule has 0 saturated heterocycles. The Balaban J connectivity index is 1.92. The van der Waals surface area contributed by atoms with Crippen molar-refractivity contribution < 1.29 is 24.9 Å². The Hall–Kier alpha value is -3.38. The third-order valence-corrected chi connectivity index (χ3v) is 9.50. The number of Topliss-reactive ketones (excluding diaryl/α,β-unsaturated/α-hetero) is 2. The van der Waals surface area contributed by atoms with Crippen LogP contribution in [-0.4, -0.2) is 45.2 Å². The second-order valence-electron chi connectivity index (χ2n) is 14.0. The van der Waals surface area contributed by atoms with Crippen LogP contribution in [0.5, 0.6) is 0 Å². The molecule has 1 saturated carbocycles. The number of hydrogen-bond acceptors (Lipinski definition) is 5. The number of aliphatic hydroxyl groups excluding tert-OH is 3. The monoisotopic (exact) mass is 614 g/mol. The molecule has 0 radical (unpaired) electrons. The molecule has 0 aliphatic heterocycles. The maximum atomic E-state index is 12.5. The van der Waals surface area contributed by atoms with E-state index >= 15 is 0 Å². The number of aliphatic hydroxyl groups is 3. The van der Waals surface area contributed by atoms with Gasteiger partial charge < -0.3 is 15.3 Å². The van der Waals surface area contributed by atoms with Gasteiger partial charge in [0.05, 0.1) is 6.10 Å². The van der Waals surface area contributed by atoms with Crippen LogP contribution in [0.4, 0.5) is 0 Å². The first-order chi connectivity index (χ1) is 20.8. The molecule has 45 heavy (non-hydrogen) atoms. The summed E-state index contributed by atoms with van der Waals surface area (Å²) < 4.78 is 0. The zero-order valence-electron chi connectivity index (χ0n) is 28.9. The molecule has 2 aliphatic carbocycles. The largest absolute Gasteiger partial charge is 0.389 e. The lowest BCUT2D eigenvalue weighted by Crippen LogP contribution is -2.49. The van der Waals surface area contributed by atoms with Gasteiger partial charge in [-0.2, -0.15) is 0 Å². The van der Waals surface area contributed by atoms with Gasteiger partial charge in [0.25, 0.3) is 0 Å². The number of carbonyl (C=O) groups is 2. The van der Waals surface area contributed by atoms with Crippen LogP contribution in [0, 0.1) is 16.2 Å². The van der Waals surface area contributed by atoms with Crippen molar-refractivity contribution in [2.24, 2.45) is 16.2 Å². The summed E-state index contributed by atoms with van der Waals surface area (Å²) in [6, 6.07) is 0. The Labute approximate surface area is 271 Å². The van der Waals surface area contributed by atoms with Crippen LogP contribution in [0.1, 0.15) is 82.1 Å². The summed E-state index contributed by atoms with van der Waals surface area (Å²) in [4.78, 5) is 24.8. The number of carbonyl (C=O) groups excluding carboxylic acids is 2. The molecule has 1 fully saturated rings. The molecular weight excluding hydrogens is 560 g/mol. The highest BCUT2D eigenvalue weighted by Crippen LogP contribution is 2.52. The minimum atomic E-state index is -1.38. The van der Waals surface area contributed by atoms with Crippen molar-refractivity contribution in [2.75, 3.05) is 0 Å². The minimum absolute atomic E-state index is 0.0535. The molecule has 3 N–H and O–H groups in total. The fourth-order valence-electron chi connectivity index (χ4n) is 5.79. The Morgan fingerprint density at radius 2 is 1.20 bits per heavy atom. The van der Waals surface area contributed by atoms with Crippen LogP contribution in [0.25, 0.3) is 0 Å². The number of allylic oxidation sites excluding steroid dienone is 18. The lowest BCUT2D eigenvalue weighted by Gasteiger charge is -2.39. The molecule has 4 atom stereocenters. The van der Waals surface area contributed by atoms with Gasteiger partial charge in [-0.15, -0.1) is 0 Å². The maximum absolute atomic E-state index is 12.5. The smallest absolute Gasteiger partial charge is 0.189 e. The van der Waals surface area contributed by atoms with Gasteiger partial charge in [-0.3, -0.25) is 9.59 Å². The molecule has 2 aliphatic rings. The second-order valence-corrected chi connectivity index (χ2v) is 14.0. The van der Waals surface area contributed by atoms with E-state index in [1.54, 1.807) is 6.92 Å². The Bertz CT molecular complexity index is 1430. The first kappa shape index (κ1) is 37.8. The zero-order valence-corrected chi connectivity index (χ0v) is 28.9. The highest BCUT2D eigenvalue weighted by molar-refractivity contribution is 6.01. The van der Waals surface area contributed by atoms with E-state index in [-0.39, 0.29) is 11.2 Å². The van der Waals surface area contributed by atoms with Crippen molar-refractivity contribution in [1.82, 2.24) is 0 Å². The van der Waals surface area contributed by atoms with Crippen molar-refractivity contribution >= 4 is 11.6 Å². The summed E-state index contributed by atoms with van der Waals surface area (Å²) in [6.45, 7) is 19.5. The van der Waals surface area contributed by atoms with E-state index in [0.717, 1.165) is 27.9 Å². The van der Waals surface area contributed by atoms with E-state index in [1.807, 2.05) is 134 Å². The van der Waals surface area contributed by atoms with Crippen LogP contribution in [0.3, 0.4) is 0 Å². The van der Waals surface area contributed by atoms with E-state index in [2.05, 4.69) is 13.8 Å². The Morgan fingerprint density at radius 1 is 0.733 bits per heavy atom. The SMILES string of the molecule is CC1=C(/C=C/C(C)=C/C=C/C(C)=C/C=C/C=C(C)/C=C/C=C(C)/C=C/C[C@]2(C)C(=O)C(O)CC2(C)C)C(C)(C)C(O)C(O)C1=O. The molecule has 5 nitrogen and oxygen atoms in total. The molecule has 244 valence electrons. The summed E-state index contributed by atoms with van der Waals surface area (Å²) in [5, 5.41) is 30.5. The molecule has 0 amide bonds. The number of rotatable bonds is 11. The van der Waals surface area contributed by atoms with Crippen LogP contribution < -0.4 is 0 Å². The summed E-state index contributed by atoms with van der Waals surface area (Å²) in [5.74, 6) is -0.480. The number of hydrogen-bond donors (Lipinski definition) is 3. The molecule has 0 spiro atoms. The molecule has 0 aromatic rings. The molecule has 0 aromatic carbocycles. The van der Waals surface area contributed by atoms with Crippen LogP contribution in [-0.2, 0) is 9.59 Å². The first-order valence-electron chi connectivity index (χ1n) is 15.8. The van der Waals surface area contributed by atoms with Crippen LogP contribution >= 0.6 is 0 Å². The highest BCUT2D eigenvalue weighted by Gasteiger charge is 2.55. The predicted octanol–water partition coefficient (Wildman–Crippen LogP) is 7.96. The van der Waals surface area contributed by atoms with E-state index in [4.69, 9.17) is 0 Å². The second kappa shape index (κ2) is 15.8. The van der Waals surface area contributed by atoms with Gasteiger partial charge in [-0.05, 0) is 64.0 Å². The lowest BCUT2D eigenvalue weighted by molar-refractivity contribution is -0.135. The molecule has 5 heteroatoms. The van der Waals surface area contributed by atoms with Gasteiger partial charge in [-0.1, -0.05) is 142 Å². The topological polar surface area (TPSA) is 94.8 Å². The van der Waals surface area contributed by atoms with Crippen molar-refractivity contribution in [3.05, 3.63) is 119 Å². The average molecular weight is 615 g/mol. The maximum Gasteiger partial charge on any atom is 0.189 e. The van der Waals surface area contributed by atoms with Gasteiger partial charge in [0.1, 0.15) is 12.2 Å². The van der Waals surface area contributed by atoms with E-state index in [0.29, 0.717) is 18.4 Å². The fourth-order valence-corrected chi connectivity index (χ4v) is 5.79. The van der Waals surface area contributed by atoms with Crippen molar-refractivity contribution in [1.29, 1.82) is 0 Å². The lowest BCUT2D eigenvalue weighted by atomic mass is 9.67. The van der Waals surface area contributed by atoms with E-state index < -0.39 is 34.9 Å². The molecule has 0 aromatic heterocycles. The highest BCUT2D eigenvalue weighted by atomic mass is 16.3. The minimum Gasteiger partial charge on any atom is -0.389 e. The van der Waals surface area contributed by atoms with E-state index in [1.165, 1.54) is 0 Å². The summed E-state index contributed by atoms with van der Waals surface area (Å²) in [6.07, 6.45) is 25.7. The number of ketones is 2. The van der Waals surface area contributed by atoms with Gasteiger partial charge in [-0.25, -0.2) is 0 Å². The molecular formula is C40H54O5. The van der Waals surface area contributed by atoms with E-state index in [9.17, 15) is 24.9 Å².